The Labute approximate surface area is 127 Å². The molecule has 1 aromatic heterocycles. The minimum atomic E-state index is 0.527. The van der Waals surface area contributed by atoms with Crippen LogP contribution in [0, 0.1) is 11.2 Å². The molecule has 0 bridgehead atoms. The van der Waals surface area contributed by atoms with Crippen LogP contribution in [-0.4, -0.2) is 30.3 Å². The summed E-state index contributed by atoms with van der Waals surface area (Å²) in [6, 6.07) is 5.70. The summed E-state index contributed by atoms with van der Waals surface area (Å²) in [5.41, 5.74) is 0.858. The summed E-state index contributed by atoms with van der Waals surface area (Å²) in [5.74, 6) is 4.20. The van der Waals surface area contributed by atoms with Crippen LogP contribution in [0.5, 0.6) is 5.75 Å². The molecule has 1 heterocycles. The van der Waals surface area contributed by atoms with Crippen molar-refractivity contribution >= 4 is 41.0 Å². The van der Waals surface area contributed by atoms with E-state index in [9.17, 15) is 0 Å². The molecule has 0 amide bonds. The van der Waals surface area contributed by atoms with Crippen LogP contribution in [0.1, 0.15) is 5.82 Å². The molecule has 0 spiro atoms. The SMILES string of the molecule is COCCOc1ccc2nc(C#CSI)ncc2c1. The van der Waals surface area contributed by atoms with Gasteiger partial charge in [0.2, 0.25) is 5.82 Å². The second kappa shape index (κ2) is 7.53. The zero-order valence-electron chi connectivity index (χ0n) is 10.2. The molecule has 2 aromatic rings. The maximum absolute atomic E-state index is 5.54. The Morgan fingerprint density at radius 2 is 2.26 bits per heavy atom. The Morgan fingerprint density at radius 1 is 1.37 bits per heavy atom. The summed E-state index contributed by atoms with van der Waals surface area (Å²) in [4.78, 5) is 8.57. The summed E-state index contributed by atoms with van der Waals surface area (Å²) < 4.78 is 10.5. The lowest BCUT2D eigenvalue weighted by Gasteiger charge is -2.06. The fraction of sp³-hybridized carbons (Fsp3) is 0.231. The molecule has 19 heavy (non-hydrogen) atoms. The Balaban J connectivity index is 2.20. The van der Waals surface area contributed by atoms with Gasteiger partial charge >= 0.3 is 0 Å². The Morgan fingerprint density at radius 3 is 3.05 bits per heavy atom. The van der Waals surface area contributed by atoms with Gasteiger partial charge in [-0.2, -0.15) is 0 Å². The van der Waals surface area contributed by atoms with Gasteiger partial charge in [-0.25, -0.2) is 9.97 Å². The highest BCUT2D eigenvalue weighted by Gasteiger charge is 2.00. The Hall–Kier alpha value is -1.04. The third-order valence-electron chi connectivity index (χ3n) is 2.31. The molecule has 0 fully saturated rings. The molecular formula is C13H11IN2O2S. The van der Waals surface area contributed by atoms with Crippen LogP contribution in [-0.2, 0) is 4.74 Å². The maximum atomic E-state index is 5.54. The first kappa shape index (κ1) is 14.4. The zero-order chi connectivity index (χ0) is 13.5. The normalized spacial score (nSPS) is 10.0. The van der Waals surface area contributed by atoms with E-state index in [0.717, 1.165) is 16.7 Å². The zero-order valence-corrected chi connectivity index (χ0v) is 13.2. The average Bonchev–Trinajstić information content (AvgIpc) is 2.45. The van der Waals surface area contributed by atoms with Gasteiger partial charge < -0.3 is 9.47 Å². The second-order valence-electron chi connectivity index (χ2n) is 3.56. The van der Waals surface area contributed by atoms with Gasteiger partial charge in [0.1, 0.15) is 12.4 Å². The van der Waals surface area contributed by atoms with Gasteiger partial charge in [0, 0.05) is 39.9 Å². The van der Waals surface area contributed by atoms with Crippen LogP contribution in [0.2, 0.25) is 0 Å². The number of rotatable bonds is 4. The summed E-state index contributed by atoms with van der Waals surface area (Å²) in [6.07, 6.45) is 1.76. The van der Waals surface area contributed by atoms with Crippen molar-refractivity contribution in [2.24, 2.45) is 0 Å². The molecule has 4 nitrogen and oxygen atoms in total. The van der Waals surface area contributed by atoms with E-state index >= 15 is 0 Å². The van der Waals surface area contributed by atoms with Crippen molar-refractivity contribution in [3.05, 3.63) is 30.2 Å². The van der Waals surface area contributed by atoms with Gasteiger partial charge in [-0.1, -0.05) is 0 Å². The van der Waals surface area contributed by atoms with Crippen LogP contribution in [0.25, 0.3) is 10.9 Å². The Bertz CT molecular complexity index is 625. The molecule has 6 heteroatoms. The molecule has 0 unspecified atom stereocenters. The summed E-state index contributed by atoms with van der Waals surface area (Å²) in [6.45, 7) is 1.09. The number of fused-ring (bicyclic) bond motifs is 1. The first-order chi connectivity index (χ1) is 9.33. The number of nitrogens with zero attached hydrogens (tertiary/aromatic N) is 2. The first-order valence-electron chi connectivity index (χ1n) is 5.50. The van der Waals surface area contributed by atoms with E-state index in [0.29, 0.717) is 19.0 Å². The molecule has 0 atom stereocenters. The van der Waals surface area contributed by atoms with Crippen molar-refractivity contribution < 1.29 is 9.47 Å². The van der Waals surface area contributed by atoms with Crippen molar-refractivity contribution in [1.29, 1.82) is 0 Å². The predicted molar refractivity (Wildman–Crippen MR) is 85.4 cm³/mol. The smallest absolute Gasteiger partial charge is 0.206 e. The number of methoxy groups -OCH3 is 1. The number of aromatic nitrogens is 2. The predicted octanol–water partition coefficient (Wildman–Crippen LogP) is 3.05. The second-order valence-corrected chi connectivity index (χ2v) is 5.24. The molecule has 98 valence electrons. The summed E-state index contributed by atoms with van der Waals surface area (Å²) in [7, 11) is 3.06. The van der Waals surface area contributed by atoms with E-state index < -0.39 is 0 Å². The third-order valence-corrected chi connectivity index (χ3v) is 3.15. The Kier molecular flexibility index (Phi) is 5.69. The molecule has 0 N–H and O–H groups in total. The lowest BCUT2D eigenvalue weighted by Crippen LogP contribution is -2.04. The summed E-state index contributed by atoms with van der Waals surface area (Å²) >= 11 is 2.11. The quantitative estimate of drug-likeness (QED) is 0.459. The number of hydrogen-bond donors (Lipinski definition) is 0. The maximum Gasteiger partial charge on any atom is 0.206 e. The molecular weight excluding hydrogens is 375 g/mol. The lowest BCUT2D eigenvalue weighted by molar-refractivity contribution is 0.146. The molecule has 0 aliphatic heterocycles. The number of benzene rings is 1. The molecule has 2 rings (SSSR count). The van der Waals surface area contributed by atoms with E-state index in [4.69, 9.17) is 9.47 Å². The highest BCUT2D eigenvalue weighted by Crippen LogP contribution is 2.19. The van der Waals surface area contributed by atoms with Crippen LogP contribution in [0.3, 0.4) is 0 Å². The topological polar surface area (TPSA) is 44.2 Å². The number of hydrogen-bond acceptors (Lipinski definition) is 5. The minimum absolute atomic E-state index is 0.527. The molecule has 0 aliphatic carbocycles. The molecule has 0 saturated heterocycles. The van der Waals surface area contributed by atoms with Crippen molar-refractivity contribution in [3.8, 4) is 16.9 Å². The number of halogens is 1. The van der Waals surface area contributed by atoms with Crippen molar-refractivity contribution in [3.63, 3.8) is 0 Å². The van der Waals surface area contributed by atoms with Gasteiger partial charge in [-0.3, -0.25) is 0 Å². The van der Waals surface area contributed by atoms with Gasteiger partial charge in [-0.05, 0) is 38.3 Å². The molecule has 0 saturated carbocycles. The highest BCUT2D eigenvalue weighted by molar-refractivity contribution is 14.2. The fourth-order valence-electron chi connectivity index (χ4n) is 1.47. The van der Waals surface area contributed by atoms with Crippen molar-refractivity contribution in [2.75, 3.05) is 20.3 Å². The minimum Gasteiger partial charge on any atom is -0.491 e. The van der Waals surface area contributed by atoms with Gasteiger partial charge in [0.05, 0.1) is 12.1 Å². The lowest BCUT2D eigenvalue weighted by atomic mass is 10.2. The largest absolute Gasteiger partial charge is 0.491 e. The van der Waals surface area contributed by atoms with E-state index in [1.54, 1.807) is 13.3 Å². The van der Waals surface area contributed by atoms with Crippen LogP contribution in [0.4, 0.5) is 0 Å². The van der Waals surface area contributed by atoms with E-state index in [1.807, 2.05) is 18.2 Å². The standard InChI is InChI=1S/C13H11IN2O2S/c1-17-5-6-18-11-2-3-12-10(8-11)9-15-13(16-12)4-7-19-14/h2-3,8-9H,5-6H2,1H3. The first-order valence-corrected chi connectivity index (χ1v) is 8.86. The molecule has 0 aliphatic rings. The molecule has 1 aromatic carbocycles. The van der Waals surface area contributed by atoms with E-state index in [-0.39, 0.29) is 0 Å². The highest BCUT2D eigenvalue weighted by atomic mass is 127. The average molecular weight is 386 g/mol. The van der Waals surface area contributed by atoms with Gasteiger partial charge in [0.15, 0.2) is 0 Å². The third kappa shape index (κ3) is 4.23. The number of ether oxygens (including phenoxy) is 2. The van der Waals surface area contributed by atoms with E-state index in [1.165, 1.54) is 8.93 Å². The van der Waals surface area contributed by atoms with Gasteiger partial charge in [-0.15, -0.1) is 0 Å². The van der Waals surface area contributed by atoms with Crippen LogP contribution < -0.4 is 4.74 Å². The monoisotopic (exact) mass is 386 g/mol. The van der Waals surface area contributed by atoms with Crippen LogP contribution >= 0.6 is 30.1 Å². The fourth-order valence-corrected chi connectivity index (χ4v) is 1.93. The molecule has 0 radical (unpaired) electrons. The van der Waals surface area contributed by atoms with Crippen molar-refractivity contribution in [1.82, 2.24) is 9.97 Å². The van der Waals surface area contributed by atoms with E-state index in [2.05, 4.69) is 42.3 Å². The van der Waals surface area contributed by atoms with Gasteiger partial charge in [0.25, 0.3) is 0 Å². The van der Waals surface area contributed by atoms with Crippen molar-refractivity contribution in [2.45, 2.75) is 0 Å². The summed E-state index contributed by atoms with van der Waals surface area (Å²) in [5, 5.41) is 3.80. The van der Waals surface area contributed by atoms with Crippen LogP contribution in [0.15, 0.2) is 24.4 Å².